The molecule has 0 saturated carbocycles. The van der Waals surface area contributed by atoms with Crippen LogP contribution in [-0.2, 0) is 4.79 Å². The lowest BCUT2D eigenvalue weighted by molar-refractivity contribution is -0.138. The molecule has 0 amide bonds. The first-order chi connectivity index (χ1) is 7.67. The average molecular weight is 218 g/mol. The summed E-state index contributed by atoms with van der Waals surface area (Å²) in [5.41, 5.74) is 1.10. The molecule has 1 aromatic rings. The Morgan fingerprint density at radius 3 is 2.50 bits per heavy atom. The van der Waals surface area contributed by atoms with E-state index in [1.807, 2.05) is 57.2 Å². The quantitative estimate of drug-likeness (QED) is 0.569. The minimum atomic E-state index is -0.165. The Morgan fingerprint density at radius 1 is 1.38 bits per heavy atom. The molecule has 1 atom stereocenters. The van der Waals surface area contributed by atoms with Gasteiger partial charge in [-0.25, -0.2) is 0 Å². The highest BCUT2D eigenvalue weighted by atomic mass is 16.5. The Kier molecular flexibility index (Phi) is 4.77. The average Bonchev–Trinajstić information content (AvgIpc) is 2.31. The van der Waals surface area contributed by atoms with Crippen LogP contribution in [0.1, 0.15) is 32.8 Å². The van der Waals surface area contributed by atoms with Crippen molar-refractivity contribution in [2.45, 2.75) is 27.2 Å². The molecule has 0 bridgehead atoms. The second-order valence-corrected chi connectivity index (χ2v) is 3.80. The highest BCUT2D eigenvalue weighted by Crippen LogP contribution is 2.15. The summed E-state index contributed by atoms with van der Waals surface area (Å²) >= 11 is 0. The van der Waals surface area contributed by atoms with E-state index in [0.717, 1.165) is 12.0 Å². The molecule has 0 aliphatic carbocycles. The number of carbonyl (C=O) groups excluding carboxylic acids is 1. The van der Waals surface area contributed by atoms with Gasteiger partial charge in [-0.3, -0.25) is 4.79 Å². The first-order valence-electron chi connectivity index (χ1n) is 5.61. The Balaban J connectivity index is 2.65. The smallest absolute Gasteiger partial charge is 0.314 e. The first kappa shape index (κ1) is 12.5. The molecule has 0 spiro atoms. The zero-order valence-electron chi connectivity index (χ0n) is 10.1. The third-order valence-electron chi connectivity index (χ3n) is 2.47. The molecule has 2 nitrogen and oxygen atoms in total. The van der Waals surface area contributed by atoms with E-state index in [1.54, 1.807) is 0 Å². The van der Waals surface area contributed by atoms with Crippen molar-refractivity contribution in [2.24, 2.45) is 5.92 Å². The fourth-order valence-electron chi connectivity index (χ4n) is 1.22. The molecule has 0 heterocycles. The van der Waals surface area contributed by atoms with Crippen LogP contribution in [-0.4, -0.2) is 5.97 Å². The van der Waals surface area contributed by atoms with Crippen molar-refractivity contribution in [1.29, 1.82) is 0 Å². The van der Waals surface area contributed by atoms with Gasteiger partial charge in [-0.2, -0.15) is 0 Å². The van der Waals surface area contributed by atoms with Gasteiger partial charge < -0.3 is 4.74 Å². The van der Waals surface area contributed by atoms with Crippen molar-refractivity contribution in [3.8, 4) is 5.75 Å². The van der Waals surface area contributed by atoms with Crippen molar-refractivity contribution >= 4 is 12.0 Å². The number of benzene rings is 1. The topological polar surface area (TPSA) is 26.3 Å². The molecule has 0 saturated heterocycles. The largest absolute Gasteiger partial charge is 0.426 e. The maximum Gasteiger partial charge on any atom is 0.314 e. The van der Waals surface area contributed by atoms with Crippen LogP contribution in [0.25, 0.3) is 6.08 Å². The van der Waals surface area contributed by atoms with Gasteiger partial charge in [0.25, 0.3) is 0 Å². The number of hydrogen-bond acceptors (Lipinski definition) is 2. The summed E-state index contributed by atoms with van der Waals surface area (Å²) in [5, 5.41) is 0. The molecule has 1 aromatic carbocycles. The van der Waals surface area contributed by atoms with Gasteiger partial charge in [0.15, 0.2) is 0 Å². The number of ether oxygens (including phenoxy) is 1. The predicted molar refractivity (Wildman–Crippen MR) is 66.2 cm³/mol. The highest BCUT2D eigenvalue weighted by Gasteiger charge is 2.12. The van der Waals surface area contributed by atoms with E-state index in [2.05, 4.69) is 0 Å². The number of hydrogen-bond donors (Lipinski definition) is 0. The Morgan fingerprint density at radius 2 is 2.00 bits per heavy atom. The molecule has 0 aromatic heterocycles. The summed E-state index contributed by atoms with van der Waals surface area (Å²) in [5.74, 6) is 0.398. The van der Waals surface area contributed by atoms with Gasteiger partial charge in [0.1, 0.15) is 5.75 Å². The van der Waals surface area contributed by atoms with Crippen molar-refractivity contribution in [3.63, 3.8) is 0 Å². The maximum atomic E-state index is 11.5. The summed E-state index contributed by atoms with van der Waals surface area (Å²) in [6.07, 6.45) is 4.77. The minimum Gasteiger partial charge on any atom is -0.426 e. The molecule has 1 rings (SSSR count). The summed E-state index contributed by atoms with van der Waals surface area (Å²) in [7, 11) is 0. The van der Waals surface area contributed by atoms with Crippen molar-refractivity contribution < 1.29 is 9.53 Å². The van der Waals surface area contributed by atoms with Gasteiger partial charge in [-0.15, -0.1) is 0 Å². The van der Waals surface area contributed by atoms with Crippen LogP contribution in [0.15, 0.2) is 30.3 Å². The number of esters is 1. The lowest BCUT2D eigenvalue weighted by Gasteiger charge is -2.08. The zero-order valence-corrected chi connectivity index (χ0v) is 10.1. The van der Waals surface area contributed by atoms with Gasteiger partial charge in [0.2, 0.25) is 0 Å². The third-order valence-corrected chi connectivity index (χ3v) is 2.47. The van der Waals surface area contributed by atoms with E-state index in [9.17, 15) is 4.79 Å². The standard InChI is InChI=1S/C14H18O2/c1-4-6-12-7-9-13(10-8-12)16-14(15)11(3)5-2/h4,6-11H,5H2,1-3H3/b6-4+/t11-/m1/s1. The molecule has 0 aliphatic heterocycles. The van der Waals surface area contributed by atoms with Crippen LogP contribution in [0.3, 0.4) is 0 Å². The van der Waals surface area contributed by atoms with E-state index in [-0.39, 0.29) is 11.9 Å². The van der Waals surface area contributed by atoms with Crippen LogP contribution < -0.4 is 4.74 Å². The lowest BCUT2D eigenvalue weighted by atomic mass is 10.1. The van der Waals surface area contributed by atoms with Crippen molar-refractivity contribution in [3.05, 3.63) is 35.9 Å². The summed E-state index contributed by atoms with van der Waals surface area (Å²) in [6.45, 7) is 5.81. The Bertz CT molecular complexity index is 363. The number of rotatable bonds is 4. The van der Waals surface area contributed by atoms with Gasteiger partial charge in [0.05, 0.1) is 5.92 Å². The third kappa shape index (κ3) is 3.54. The molecule has 0 unspecified atom stereocenters. The fraction of sp³-hybridized carbons (Fsp3) is 0.357. The van der Waals surface area contributed by atoms with Crippen LogP contribution in [0.4, 0.5) is 0 Å². The molecule has 2 heteroatoms. The monoisotopic (exact) mass is 218 g/mol. The molecule has 0 radical (unpaired) electrons. The summed E-state index contributed by atoms with van der Waals surface area (Å²) < 4.78 is 5.24. The van der Waals surface area contributed by atoms with E-state index < -0.39 is 0 Å². The van der Waals surface area contributed by atoms with E-state index in [0.29, 0.717) is 5.75 Å². The van der Waals surface area contributed by atoms with Gasteiger partial charge in [-0.05, 0) is 31.0 Å². The van der Waals surface area contributed by atoms with Crippen molar-refractivity contribution in [2.75, 3.05) is 0 Å². The Labute approximate surface area is 96.9 Å². The number of allylic oxidation sites excluding steroid dienone is 1. The van der Waals surface area contributed by atoms with Gasteiger partial charge >= 0.3 is 5.97 Å². The van der Waals surface area contributed by atoms with Crippen molar-refractivity contribution in [1.82, 2.24) is 0 Å². The molecule has 0 fully saturated rings. The lowest BCUT2D eigenvalue weighted by Crippen LogP contribution is -2.16. The van der Waals surface area contributed by atoms with Crippen LogP contribution >= 0.6 is 0 Å². The molecule has 0 aliphatic rings. The van der Waals surface area contributed by atoms with Crippen LogP contribution in [0.5, 0.6) is 5.75 Å². The second-order valence-electron chi connectivity index (χ2n) is 3.80. The zero-order chi connectivity index (χ0) is 12.0. The van der Waals surface area contributed by atoms with E-state index >= 15 is 0 Å². The Hall–Kier alpha value is -1.57. The van der Waals surface area contributed by atoms with E-state index in [4.69, 9.17) is 4.74 Å². The predicted octanol–water partition coefficient (Wildman–Crippen LogP) is 3.67. The van der Waals surface area contributed by atoms with Crippen LogP contribution in [0.2, 0.25) is 0 Å². The molecular weight excluding hydrogens is 200 g/mol. The SMILES string of the molecule is C/C=C/c1ccc(OC(=O)[C@H](C)CC)cc1. The van der Waals surface area contributed by atoms with Crippen LogP contribution in [0, 0.1) is 5.92 Å². The minimum absolute atomic E-state index is 0.0461. The first-order valence-corrected chi connectivity index (χ1v) is 5.61. The fourth-order valence-corrected chi connectivity index (χ4v) is 1.22. The molecule has 86 valence electrons. The summed E-state index contributed by atoms with van der Waals surface area (Å²) in [4.78, 5) is 11.5. The molecular formula is C14H18O2. The molecule has 0 N–H and O–H groups in total. The van der Waals surface area contributed by atoms with Gasteiger partial charge in [0, 0.05) is 0 Å². The number of carbonyl (C=O) groups is 1. The molecule has 16 heavy (non-hydrogen) atoms. The normalized spacial score (nSPS) is 12.7. The second kappa shape index (κ2) is 6.11. The summed E-state index contributed by atoms with van der Waals surface area (Å²) in [6, 6.07) is 7.49. The highest BCUT2D eigenvalue weighted by molar-refractivity contribution is 5.74. The van der Waals surface area contributed by atoms with Gasteiger partial charge in [-0.1, -0.05) is 38.1 Å². The van der Waals surface area contributed by atoms with E-state index in [1.165, 1.54) is 0 Å². The maximum absolute atomic E-state index is 11.5.